The lowest BCUT2D eigenvalue weighted by atomic mass is 10.0. The number of benzene rings is 3. The highest BCUT2D eigenvalue weighted by Crippen LogP contribution is 2.30. The summed E-state index contributed by atoms with van der Waals surface area (Å²) in [5.74, 6) is 0.885. The van der Waals surface area contributed by atoms with Gasteiger partial charge in [0.1, 0.15) is 12.4 Å². The van der Waals surface area contributed by atoms with Crippen LogP contribution in [0.15, 0.2) is 54.6 Å². The molecule has 0 atom stereocenters. The molecule has 1 N–H and O–H groups in total. The molecule has 0 bridgehead atoms. The van der Waals surface area contributed by atoms with Crippen molar-refractivity contribution in [3.63, 3.8) is 0 Å². The van der Waals surface area contributed by atoms with Crippen LogP contribution in [0.4, 0.5) is 0 Å². The van der Waals surface area contributed by atoms with Gasteiger partial charge in [-0.25, -0.2) is 0 Å². The lowest BCUT2D eigenvalue weighted by Crippen LogP contribution is -2.27. The van der Waals surface area contributed by atoms with Gasteiger partial charge in [-0.05, 0) is 61.6 Å². The Morgan fingerprint density at radius 1 is 0.938 bits per heavy atom. The molecular weight excluding hydrogens is 486 g/mol. The smallest absolute Gasteiger partial charge is 0.124 e. The molecule has 0 fully saturated rings. The van der Waals surface area contributed by atoms with Gasteiger partial charge < -0.3 is 15.0 Å². The largest absolute Gasteiger partial charge is 0.488 e. The molecule has 0 aromatic heterocycles. The lowest BCUT2D eigenvalue weighted by Gasteiger charge is -2.18. The van der Waals surface area contributed by atoms with Crippen LogP contribution in [0.1, 0.15) is 31.4 Å². The highest BCUT2D eigenvalue weighted by molar-refractivity contribution is 6.35. The zero-order valence-corrected chi connectivity index (χ0v) is 21.7. The molecular formula is C25H32Cl4N2O. The maximum atomic E-state index is 6.32. The molecule has 3 aromatic rings. The first-order chi connectivity index (χ1) is 14.6. The summed E-state index contributed by atoms with van der Waals surface area (Å²) in [5, 5.41) is 7.29. The third kappa shape index (κ3) is 7.98. The van der Waals surface area contributed by atoms with Crippen molar-refractivity contribution < 1.29 is 4.74 Å². The Morgan fingerprint density at radius 2 is 1.69 bits per heavy atom. The SMILES string of the molecule is CCN(CC)CCCNCc1c(OCc2ccc(Cl)cc2Cl)ccc2ccccc12.Cl.Cl. The van der Waals surface area contributed by atoms with E-state index in [9.17, 15) is 0 Å². The van der Waals surface area contributed by atoms with E-state index >= 15 is 0 Å². The molecule has 0 heterocycles. The quantitative estimate of drug-likeness (QED) is 0.268. The number of nitrogens with one attached hydrogen (secondary N) is 1. The Labute approximate surface area is 214 Å². The maximum absolute atomic E-state index is 6.32. The molecule has 0 aliphatic carbocycles. The van der Waals surface area contributed by atoms with Crippen LogP contribution < -0.4 is 10.1 Å². The average molecular weight is 518 g/mol. The summed E-state index contributed by atoms with van der Waals surface area (Å²) in [4.78, 5) is 2.45. The van der Waals surface area contributed by atoms with E-state index in [0.717, 1.165) is 50.5 Å². The predicted octanol–water partition coefficient (Wildman–Crippen LogP) is 7.39. The van der Waals surface area contributed by atoms with Crippen molar-refractivity contribution in [2.24, 2.45) is 0 Å². The second kappa shape index (κ2) is 14.8. The van der Waals surface area contributed by atoms with Crippen LogP contribution in [0.2, 0.25) is 10.0 Å². The fourth-order valence-corrected chi connectivity index (χ4v) is 4.07. The Hall–Kier alpha value is -1.20. The normalized spacial score (nSPS) is 10.7. The summed E-state index contributed by atoms with van der Waals surface area (Å²) in [5.41, 5.74) is 2.10. The summed E-state index contributed by atoms with van der Waals surface area (Å²) < 4.78 is 6.21. The number of halogens is 4. The van der Waals surface area contributed by atoms with Gasteiger partial charge >= 0.3 is 0 Å². The molecule has 3 rings (SSSR count). The van der Waals surface area contributed by atoms with Crippen LogP contribution in [0.5, 0.6) is 5.75 Å². The standard InChI is InChI=1S/C25H30Cl2N2O.2ClH/c1-3-29(4-2)15-7-14-28-17-23-22-9-6-5-8-19(22)11-13-25(23)30-18-20-10-12-21(26)16-24(20)27;;/h5-6,8-13,16,28H,3-4,7,14-15,17-18H2,1-2H3;2*1H. The molecule has 0 saturated carbocycles. The van der Waals surface area contributed by atoms with Crippen molar-refractivity contribution in [2.45, 2.75) is 33.4 Å². The minimum atomic E-state index is 0. The molecule has 0 unspecified atom stereocenters. The fraction of sp³-hybridized carbons (Fsp3) is 0.360. The van der Waals surface area contributed by atoms with Gasteiger partial charge in [-0.3, -0.25) is 0 Å². The molecule has 7 heteroatoms. The van der Waals surface area contributed by atoms with E-state index < -0.39 is 0 Å². The van der Waals surface area contributed by atoms with Gasteiger partial charge in [-0.1, -0.05) is 73.4 Å². The number of hydrogen-bond donors (Lipinski definition) is 1. The second-order valence-electron chi connectivity index (χ2n) is 7.35. The van der Waals surface area contributed by atoms with Crippen molar-refractivity contribution in [3.05, 3.63) is 75.8 Å². The van der Waals surface area contributed by atoms with Crippen molar-refractivity contribution in [1.29, 1.82) is 0 Å². The monoisotopic (exact) mass is 516 g/mol. The van der Waals surface area contributed by atoms with Gasteiger partial charge in [0.05, 0.1) is 0 Å². The average Bonchev–Trinajstić information content (AvgIpc) is 2.76. The number of fused-ring (bicyclic) bond motifs is 1. The fourth-order valence-electron chi connectivity index (χ4n) is 3.61. The first kappa shape index (κ1) is 28.8. The Morgan fingerprint density at radius 3 is 2.41 bits per heavy atom. The summed E-state index contributed by atoms with van der Waals surface area (Å²) in [7, 11) is 0. The minimum Gasteiger partial charge on any atom is -0.488 e. The Balaban J connectivity index is 0.00000256. The van der Waals surface area contributed by atoms with E-state index in [1.165, 1.54) is 16.3 Å². The highest BCUT2D eigenvalue weighted by Gasteiger charge is 2.10. The predicted molar refractivity (Wildman–Crippen MR) is 143 cm³/mol. The molecule has 0 aliphatic rings. The van der Waals surface area contributed by atoms with Crippen molar-refractivity contribution >= 4 is 58.8 Å². The molecule has 0 spiro atoms. The van der Waals surface area contributed by atoms with Crippen LogP contribution in [0, 0.1) is 0 Å². The van der Waals surface area contributed by atoms with E-state index in [-0.39, 0.29) is 24.8 Å². The van der Waals surface area contributed by atoms with Crippen LogP contribution in [0.3, 0.4) is 0 Å². The summed E-state index contributed by atoms with van der Waals surface area (Å²) in [6.45, 7) is 9.89. The van der Waals surface area contributed by atoms with Crippen LogP contribution >= 0.6 is 48.0 Å². The summed E-state index contributed by atoms with van der Waals surface area (Å²) in [6.07, 6.45) is 1.13. The molecule has 0 amide bonds. The van der Waals surface area contributed by atoms with Crippen molar-refractivity contribution in [2.75, 3.05) is 26.2 Å². The first-order valence-corrected chi connectivity index (χ1v) is 11.4. The first-order valence-electron chi connectivity index (χ1n) is 10.6. The van der Waals surface area contributed by atoms with Gasteiger partial charge in [0, 0.05) is 27.7 Å². The van der Waals surface area contributed by atoms with Gasteiger partial charge in [0.25, 0.3) is 0 Å². The lowest BCUT2D eigenvalue weighted by molar-refractivity contribution is 0.296. The maximum Gasteiger partial charge on any atom is 0.124 e. The van der Waals surface area contributed by atoms with E-state index in [1.807, 2.05) is 12.1 Å². The zero-order chi connectivity index (χ0) is 21.3. The van der Waals surface area contributed by atoms with E-state index in [1.54, 1.807) is 6.07 Å². The second-order valence-corrected chi connectivity index (χ2v) is 8.19. The van der Waals surface area contributed by atoms with Gasteiger partial charge in [0.2, 0.25) is 0 Å². The summed E-state index contributed by atoms with van der Waals surface area (Å²) >= 11 is 12.3. The van der Waals surface area contributed by atoms with Crippen molar-refractivity contribution in [3.8, 4) is 5.75 Å². The Bertz CT molecular complexity index is 964. The molecule has 3 nitrogen and oxygen atoms in total. The minimum absolute atomic E-state index is 0. The third-order valence-corrected chi connectivity index (χ3v) is 6.01. The Kier molecular flexibility index (Phi) is 13.4. The molecule has 0 saturated heterocycles. The van der Waals surface area contributed by atoms with Gasteiger partial charge in [0.15, 0.2) is 0 Å². The number of hydrogen-bond acceptors (Lipinski definition) is 3. The van der Waals surface area contributed by atoms with E-state index in [0.29, 0.717) is 16.7 Å². The van der Waals surface area contributed by atoms with Crippen LogP contribution in [-0.2, 0) is 13.2 Å². The van der Waals surface area contributed by atoms with Gasteiger partial charge in [-0.2, -0.15) is 0 Å². The van der Waals surface area contributed by atoms with Gasteiger partial charge in [-0.15, -0.1) is 24.8 Å². The number of ether oxygens (including phenoxy) is 1. The van der Waals surface area contributed by atoms with E-state index in [4.69, 9.17) is 27.9 Å². The van der Waals surface area contributed by atoms with Crippen molar-refractivity contribution in [1.82, 2.24) is 10.2 Å². The third-order valence-electron chi connectivity index (χ3n) is 5.42. The molecule has 3 aromatic carbocycles. The topological polar surface area (TPSA) is 24.5 Å². The zero-order valence-electron chi connectivity index (χ0n) is 18.6. The number of rotatable bonds is 11. The highest BCUT2D eigenvalue weighted by atomic mass is 35.5. The number of nitrogens with zero attached hydrogens (tertiary/aromatic N) is 1. The molecule has 32 heavy (non-hydrogen) atoms. The molecule has 0 aliphatic heterocycles. The molecule has 0 radical (unpaired) electrons. The molecule has 176 valence electrons. The van der Waals surface area contributed by atoms with Crippen LogP contribution in [0.25, 0.3) is 10.8 Å². The van der Waals surface area contributed by atoms with Crippen LogP contribution in [-0.4, -0.2) is 31.1 Å². The van der Waals surface area contributed by atoms with E-state index in [2.05, 4.69) is 60.5 Å². The summed E-state index contributed by atoms with van der Waals surface area (Å²) in [6, 6.07) is 18.1.